The first kappa shape index (κ1) is 29.7. The molecular formula is C37H40N2O2. The van der Waals surface area contributed by atoms with Gasteiger partial charge in [-0.1, -0.05) is 142 Å². The number of ketones is 1. The lowest BCUT2D eigenvalue weighted by atomic mass is 9.94. The van der Waals surface area contributed by atoms with Crippen LogP contribution in [-0.4, -0.2) is 22.6 Å². The minimum absolute atomic E-state index is 0.0270. The fourth-order valence-corrected chi connectivity index (χ4v) is 4.71. The van der Waals surface area contributed by atoms with Gasteiger partial charge in [-0.25, -0.2) is 0 Å². The molecule has 0 spiro atoms. The second-order valence-corrected chi connectivity index (χ2v) is 11.5. The van der Waals surface area contributed by atoms with Gasteiger partial charge in [0, 0.05) is 36.7 Å². The van der Waals surface area contributed by atoms with E-state index in [0.29, 0.717) is 31.6 Å². The molecule has 1 atom stereocenters. The molecule has 0 aliphatic rings. The number of nitrogens with zero attached hydrogens (tertiary/aromatic N) is 1. The molecule has 0 aliphatic carbocycles. The number of benzene rings is 4. The maximum atomic E-state index is 14.3. The summed E-state index contributed by atoms with van der Waals surface area (Å²) in [6, 6.07) is 40.2. The molecule has 4 rings (SSSR count). The summed E-state index contributed by atoms with van der Waals surface area (Å²) in [6.45, 7) is 6.88. The van der Waals surface area contributed by atoms with Gasteiger partial charge >= 0.3 is 0 Å². The molecule has 0 heterocycles. The number of hydrogen-bond donors (Lipinski definition) is 1. The summed E-state index contributed by atoms with van der Waals surface area (Å²) in [6.07, 6.45) is 2.68. The van der Waals surface area contributed by atoms with Crippen molar-refractivity contribution in [1.29, 1.82) is 0 Å². The van der Waals surface area contributed by atoms with Crippen LogP contribution in [0.2, 0.25) is 0 Å². The molecule has 0 radical (unpaired) electrons. The van der Waals surface area contributed by atoms with Crippen LogP contribution in [0, 0.1) is 5.41 Å². The van der Waals surface area contributed by atoms with Crippen LogP contribution in [0.5, 0.6) is 0 Å². The van der Waals surface area contributed by atoms with Crippen LogP contribution < -0.4 is 5.32 Å². The third kappa shape index (κ3) is 9.40. The first-order chi connectivity index (χ1) is 19.8. The highest BCUT2D eigenvalue weighted by Gasteiger charge is 2.27. The van der Waals surface area contributed by atoms with Crippen LogP contribution in [0.15, 0.2) is 133 Å². The Morgan fingerprint density at radius 3 is 1.51 bits per heavy atom. The van der Waals surface area contributed by atoms with E-state index in [0.717, 1.165) is 22.3 Å². The molecule has 0 saturated heterocycles. The van der Waals surface area contributed by atoms with Crippen molar-refractivity contribution in [3.63, 3.8) is 0 Å². The Kier molecular flexibility index (Phi) is 10.4. The van der Waals surface area contributed by atoms with Crippen molar-refractivity contribution in [3.05, 3.63) is 155 Å². The maximum absolute atomic E-state index is 14.3. The number of rotatable bonds is 12. The van der Waals surface area contributed by atoms with E-state index in [9.17, 15) is 9.59 Å². The lowest BCUT2D eigenvalue weighted by molar-refractivity contribution is -0.127. The molecule has 4 aromatic rings. The molecule has 0 fully saturated rings. The maximum Gasteiger partial charge on any atom is 0.229 e. The molecule has 0 aromatic heterocycles. The van der Waals surface area contributed by atoms with E-state index in [2.05, 4.69) is 46.6 Å². The number of allylic oxidation sites excluding steroid dienone is 1. The van der Waals surface area contributed by atoms with Gasteiger partial charge in [-0.2, -0.15) is 0 Å². The van der Waals surface area contributed by atoms with Crippen LogP contribution >= 0.6 is 0 Å². The van der Waals surface area contributed by atoms with Crippen LogP contribution in [0.4, 0.5) is 0 Å². The number of carbonyl (C=O) groups is 2. The monoisotopic (exact) mass is 544 g/mol. The summed E-state index contributed by atoms with van der Waals surface area (Å²) >= 11 is 0. The number of nitrogens with one attached hydrogen (secondary N) is 1. The second-order valence-electron chi connectivity index (χ2n) is 11.5. The predicted octanol–water partition coefficient (Wildman–Crippen LogP) is 7.16. The summed E-state index contributed by atoms with van der Waals surface area (Å²) in [4.78, 5) is 29.6. The van der Waals surface area contributed by atoms with Crippen molar-refractivity contribution in [3.8, 4) is 0 Å². The standard InChI is InChI=1S/C37H40N2O2/c1-37(2,3)36(41)38-33(24-29-16-8-4-9-17-29)26-35(40)34(25-30-18-10-5-11-19-30)39(27-31-20-12-6-13-21-31)28-32-22-14-7-15-23-32/h4-23,26,34H,24-25,27-28H2,1-3H3,(H,38,41)/b33-26-/t34-/m0/s1. The summed E-state index contributed by atoms with van der Waals surface area (Å²) in [5.74, 6) is -0.140. The summed E-state index contributed by atoms with van der Waals surface area (Å²) < 4.78 is 0. The molecule has 1 N–H and O–H groups in total. The van der Waals surface area contributed by atoms with Gasteiger partial charge in [0.05, 0.1) is 6.04 Å². The molecule has 0 aliphatic heterocycles. The zero-order chi connectivity index (χ0) is 29.1. The second kappa shape index (κ2) is 14.4. The van der Waals surface area contributed by atoms with E-state index in [1.165, 1.54) is 0 Å². The third-order valence-corrected chi connectivity index (χ3v) is 7.01. The van der Waals surface area contributed by atoms with Crippen LogP contribution in [0.25, 0.3) is 0 Å². The zero-order valence-corrected chi connectivity index (χ0v) is 24.3. The van der Waals surface area contributed by atoms with Gasteiger partial charge < -0.3 is 5.32 Å². The van der Waals surface area contributed by atoms with Gasteiger partial charge in [0.15, 0.2) is 5.78 Å². The van der Waals surface area contributed by atoms with Crippen molar-refractivity contribution in [2.75, 3.05) is 0 Å². The van der Waals surface area contributed by atoms with Gasteiger partial charge in [-0.3, -0.25) is 14.5 Å². The Bertz CT molecular complexity index is 1370. The van der Waals surface area contributed by atoms with Crippen LogP contribution in [0.1, 0.15) is 43.0 Å². The molecule has 1 amide bonds. The molecule has 0 unspecified atom stereocenters. The average molecular weight is 545 g/mol. The first-order valence-corrected chi connectivity index (χ1v) is 14.2. The topological polar surface area (TPSA) is 49.4 Å². The summed E-state index contributed by atoms with van der Waals surface area (Å²) in [5.41, 5.74) is 4.43. The minimum Gasteiger partial charge on any atom is -0.329 e. The van der Waals surface area contributed by atoms with E-state index in [-0.39, 0.29) is 11.7 Å². The van der Waals surface area contributed by atoms with Crippen molar-refractivity contribution >= 4 is 11.7 Å². The van der Waals surface area contributed by atoms with Crippen molar-refractivity contribution in [1.82, 2.24) is 10.2 Å². The quantitative estimate of drug-likeness (QED) is 0.193. The van der Waals surface area contributed by atoms with Crippen molar-refractivity contribution in [2.45, 2.75) is 52.7 Å². The number of amides is 1. The third-order valence-electron chi connectivity index (χ3n) is 7.01. The van der Waals surface area contributed by atoms with E-state index in [1.807, 2.05) is 106 Å². The molecule has 41 heavy (non-hydrogen) atoms. The lowest BCUT2D eigenvalue weighted by Gasteiger charge is -2.31. The first-order valence-electron chi connectivity index (χ1n) is 14.2. The van der Waals surface area contributed by atoms with Gasteiger partial charge in [0.2, 0.25) is 5.91 Å². The Morgan fingerprint density at radius 2 is 1.07 bits per heavy atom. The average Bonchev–Trinajstić information content (AvgIpc) is 2.97. The number of hydrogen-bond acceptors (Lipinski definition) is 3. The van der Waals surface area contributed by atoms with E-state index in [1.54, 1.807) is 6.08 Å². The Morgan fingerprint density at radius 1 is 0.659 bits per heavy atom. The fourth-order valence-electron chi connectivity index (χ4n) is 4.71. The molecule has 0 saturated carbocycles. The van der Waals surface area contributed by atoms with E-state index < -0.39 is 11.5 Å². The highest BCUT2D eigenvalue weighted by molar-refractivity contribution is 5.96. The van der Waals surface area contributed by atoms with E-state index in [4.69, 9.17) is 0 Å². The smallest absolute Gasteiger partial charge is 0.229 e. The Hall–Kier alpha value is -4.28. The molecule has 4 nitrogen and oxygen atoms in total. The fraction of sp³-hybridized carbons (Fsp3) is 0.243. The SMILES string of the molecule is CC(C)(C)C(=O)N/C(=C\C(=O)[C@H](Cc1ccccc1)N(Cc1ccccc1)Cc1ccccc1)Cc1ccccc1. The highest BCUT2D eigenvalue weighted by Crippen LogP contribution is 2.20. The number of carbonyl (C=O) groups excluding carboxylic acids is 2. The zero-order valence-electron chi connectivity index (χ0n) is 24.3. The summed E-state index contributed by atoms with van der Waals surface area (Å²) in [5, 5.41) is 3.08. The van der Waals surface area contributed by atoms with Crippen LogP contribution in [-0.2, 0) is 35.5 Å². The molecule has 210 valence electrons. The van der Waals surface area contributed by atoms with Gasteiger partial charge in [-0.05, 0) is 28.7 Å². The van der Waals surface area contributed by atoms with Gasteiger partial charge in [0.1, 0.15) is 0 Å². The Balaban J connectivity index is 1.73. The molecule has 4 heteroatoms. The van der Waals surface area contributed by atoms with Crippen molar-refractivity contribution < 1.29 is 9.59 Å². The Labute approximate surface area is 244 Å². The molecule has 0 bridgehead atoms. The van der Waals surface area contributed by atoms with Gasteiger partial charge in [-0.15, -0.1) is 0 Å². The van der Waals surface area contributed by atoms with Crippen molar-refractivity contribution in [2.24, 2.45) is 5.41 Å². The summed E-state index contributed by atoms with van der Waals surface area (Å²) in [7, 11) is 0. The highest BCUT2D eigenvalue weighted by atomic mass is 16.2. The van der Waals surface area contributed by atoms with Gasteiger partial charge in [0.25, 0.3) is 0 Å². The lowest BCUT2D eigenvalue weighted by Crippen LogP contribution is -2.42. The largest absolute Gasteiger partial charge is 0.329 e. The molecule has 4 aromatic carbocycles. The normalized spacial score (nSPS) is 12.6. The molecular weight excluding hydrogens is 504 g/mol. The predicted molar refractivity (Wildman–Crippen MR) is 167 cm³/mol. The van der Waals surface area contributed by atoms with Crippen LogP contribution in [0.3, 0.4) is 0 Å². The minimum atomic E-state index is -0.588. The van der Waals surface area contributed by atoms with E-state index >= 15 is 0 Å².